The predicted molar refractivity (Wildman–Crippen MR) is 120 cm³/mol. The van der Waals surface area contributed by atoms with Gasteiger partial charge in [-0.05, 0) is 44.9 Å². The predicted octanol–water partition coefficient (Wildman–Crippen LogP) is 6.39. The Bertz CT molecular complexity index is 522. The minimum Gasteiger partial charge on any atom is -0.466 e. The third-order valence-corrected chi connectivity index (χ3v) is 3.68. The van der Waals surface area contributed by atoms with E-state index in [9.17, 15) is 4.79 Å². The average Bonchev–Trinajstić information content (AvgIpc) is 2.70. The van der Waals surface area contributed by atoms with E-state index in [1.165, 1.54) is 0 Å². The van der Waals surface area contributed by atoms with Gasteiger partial charge in [0.15, 0.2) is 0 Å². The second kappa shape index (κ2) is 22.9. The highest BCUT2D eigenvalue weighted by Gasteiger charge is 1.99. The number of esters is 1. The molecule has 1 N–H and O–H groups in total. The zero-order valence-corrected chi connectivity index (χ0v) is 17.5. The highest BCUT2D eigenvalue weighted by Crippen LogP contribution is 1.99. The van der Waals surface area contributed by atoms with Gasteiger partial charge in [-0.25, -0.2) is 0 Å². The van der Waals surface area contributed by atoms with Crippen LogP contribution in [-0.4, -0.2) is 24.3 Å². The van der Waals surface area contributed by atoms with Crippen molar-refractivity contribution in [2.45, 2.75) is 64.7 Å². The molecule has 0 aromatic carbocycles. The first-order chi connectivity index (χ1) is 13.8. The Kier molecular flexibility index (Phi) is 21.2. The summed E-state index contributed by atoms with van der Waals surface area (Å²) in [4.78, 5) is 11.3. The van der Waals surface area contributed by atoms with Crippen molar-refractivity contribution in [3.05, 3.63) is 72.9 Å². The molecule has 0 rings (SSSR count). The van der Waals surface area contributed by atoms with Crippen molar-refractivity contribution >= 4 is 5.97 Å². The van der Waals surface area contributed by atoms with Crippen LogP contribution in [-0.2, 0) is 9.53 Å². The Morgan fingerprint density at radius 1 is 0.714 bits per heavy atom. The smallest absolute Gasteiger partial charge is 0.306 e. The van der Waals surface area contributed by atoms with Crippen molar-refractivity contribution < 1.29 is 14.6 Å². The Morgan fingerprint density at radius 3 is 1.57 bits per heavy atom. The molecule has 0 aliphatic rings. The van der Waals surface area contributed by atoms with Gasteiger partial charge in [0.05, 0.1) is 6.61 Å². The molecule has 0 aliphatic heterocycles. The molecule has 0 radical (unpaired) electrons. The fourth-order valence-corrected chi connectivity index (χ4v) is 2.16. The van der Waals surface area contributed by atoms with Crippen LogP contribution in [0.2, 0.25) is 0 Å². The van der Waals surface area contributed by atoms with E-state index in [4.69, 9.17) is 9.84 Å². The summed E-state index contributed by atoms with van der Waals surface area (Å²) in [5, 5.41) is 8.60. The van der Waals surface area contributed by atoms with E-state index in [2.05, 4.69) is 73.8 Å². The summed E-state index contributed by atoms with van der Waals surface area (Å²) in [6, 6.07) is 0. The average molecular weight is 387 g/mol. The monoisotopic (exact) mass is 386 g/mol. The normalized spacial score (nSPS) is 12.8. The summed E-state index contributed by atoms with van der Waals surface area (Å²) >= 11 is 0. The lowest BCUT2D eigenvalue weighted by Gasteiger charge is -2.01. The molecule has 0 saturated heterocycles. The third-order valence-electron chi connectivity index (χ3n) is 3.68. The first-order valence-corrected chi connectivity index (χ1v) is 10.5. The lowest BCUT2D eigenvalue weighted by molar-refractivity contribution is -0.143. The molecule has 0 heterocycles. The number of ether oxygens (including phenoxy) is 1. The quantitative estimate of drug-likeness (QED) is 0.179. The molecule has 0 unspecified atom stereocenters. The van der Waals surface area contributed by atoms with Gasteiger partial charge in [0, 0.05) is 19.4 Å². The van der Waals surface area contributed by atoms with Gasteiger partial charge in [0.25, 0.3) is 0 Å². The molecule has 0 saturated carbocycles. The Hall–Kier alpha value is -2.13. The summed E-state index contributed by atoms with van der Waals surface area (Å²) in [6.07, 6.45) is 33.5. The third kappa shape index (κ3) is 21.9. The zero-order chi connectivity index (χ0) is 20.5. The van der Waals surface area contributed by atoms with Crippen molar-refractivity contribution in [2.75, 3.05) is 13.2 Å². The summed E-state index contributed by atoms with van der Waals surface area (Å²) in [7, 11) is 0. The van der Waals surface area contributed by atoms with Gasteiger partial charge in [-0.2, -0.15) is 0 Å². The highest BCUT2D eigenvalue weighted by atomic mass is 16.5. The lowest BCUT2D eigenvalue weighted by Crippen LogP contribution is -2.06. The van der Waals surface area contributed by atoms with Crippen LogP contribution in [0.3, 0.4) is 0 Å². The first-order valence-electron chi connectivity index (χ1n) is 10.5. The highest BCUT2D eigenvalue weighted by molar-refractivity contribution is 5.69. The van der Waals surface area contributed by atoms with Gasteiger partial charge < -0.3 is 9.84 Å². The van der Waals surface area contributed by atoms with E-state index in [1.54, 1.807) is 0 Å². The van der Waals surface area contributed by atoms with Crippen LogP contribution in [0, 0.1) is 0 Å². The van der Waals surface area contributed by atoms with Gasteiger partial charge in [-0.15, -0.1) is 0 Å². The lowest BCUT2D eigenvalue weighted by atomic mass is 10.2. The van der Waals surface area contributed by atoms with Crippen LogP contribution in [0.1, 0.15) is 64.7 Å². The number of carbonyl (C=O) groups excluding carboxylic acids is 1. The van der Waals surface area contributed by atoms with Crippen molar-refractivity contribution in [1.82, 2.24) is 0 Å². The molecule has 3 nitrogen and oxygen atoms in total. The van der Waals surface area contributed by atoms with Crippen LogP contribution >= 0.6 is 0 Å². The number of rotatable bonds is 17. The number of hydrogen-bond donors (Lipinski definition) is 1. The maximum atomic E-state index is 11.3. The van der Waals surface area contributed by atoms with Gasteiger partial charge in [-0.3, -0.25) is 4.79 Å². The Balaban J connectivity index is 3.54. The van der Waals surface area contributed by atoms with Crippen LogP contribution in [0.15, 0.2) is 72.9 Å². The molecule has 0 fully saturated rings. The molecule has 0 atom stereocenters. The standard InChI is InChI=1S/C25H38O3/c1-2-3-4-5-6-7-8-9-10-11-12-13-14-15-16-17-18-19-20-22-25(27)28-24-21-23-26/h3-4,6-7,9-10,12-13,15-16,18-19,26H,2,5,8,11,14,17,20-24H2,1H3/b4-3-,7-6-,10-9-,13-12-,16-15-,19-18-. The summed E-state index contributed by atoms with van der Waals surface area (Å²) in [5.41, 5.74) is 0. The minimum atomic E-state index is -0.201. The van der Waals surface area contributed by atoms with Crippen molar-refractivity contribution in [2.24, 2.45) is 0 Å². The summed E-state index contributed by atoms with van der Waals surface area (Å²) in [6.45, 7) is 2.51. The number of aliphatic hydroxyl groups is 1. The minimum absolute atomic E-state index is 0.0560. The Morgan fingerprint density at radius 2 is 1.14 bits per heavy atom. The number of allylic oxidation sites excluding steroid dienone is 12. The molecular formula is C25H38O3. The van der Waals surface area contributed by atoms with E-state index in [0.29, 0.717) is 25.9 Å². The number of aliphatic hydroxyl groups excluding tert-OH is 1. The number of hydrogen-bond acceptors (Lipinski definition) is 3. The second-order valence-corrected chi connectivity index (χ2v) is 6.25. The van der Waals surface area contributed by atoms with E-state index < -0.39 is 0 Å². The van der Waals surface area contributed by atoms with E-state index in [-0.39, 0.29) is 12.6 Å². The number of carbonyl (C=O) groups is 1. The maximum absolute atomic E-state index is 11.3. The topological polar surface area (TPSA) is 46.5 Å². The largest absolute Gasteiger partial charge is 0.466 e. The van der Waals surface area contributed by atoms with Gasteiger partial charge in [0.1, 0.15) is 0 Å². The fraction of sp³-hybridized carbons (Fsp3) is 0.480. The van der Waals surface area contributed by atoms with Gasteiger partial charge >= 0.3 is 5.97 Å². The molecule has 0 amide bonds. The molecular weight excluding hydrogens is 348 g/mol. The zero-order valence-electron chi connectivity index (χ0n) is 17.5. The van der Waals surface area contributed by atoms with Crippen LogP contribution in [0.4, 0.5) is 0 Å². The van der Waals surface area contributed by atoms with Crippen LogP contribution in [0.5, 0.6) is 0 Å². The SMILES string of the molecule is CC/C=C\C/C=C\C/C=C\C/C=C\C/C=C\C/C=C\CCC(=O)OCCCO. The Labute approximate surface area is 171 Å². The fourth-order valence-electron chi connectivity index (χ4n) is 2.16. The molecule has 28 heavy (non-hydrogen) atoms. The van der Waals surface area contributed by atoms with Crippen LogP contribution in [0.25, 0.3) is 0 Å². The summed E-state index contributed by atoms with van der Waals surface area (Å²) < 4.78 is 4.95. The summed E-state index contributed by atoms with van der Waals surface area (Å²) in [5.74, 6) is -0.201. The van der Waals surface area contributed by atoms with E-state index >= 15 is 0 Å². The van der Waals surface area contributed by atoms with Crippen molar-refractivity contribution in [1.29, 1.82) is 0 Å². The molecule has 0 spiro atoms. The van der Waals surface area contributed by atoms with Crippen molar-refractivity contribution in [3.63, 3.8) is 0 Å². The molecule has 0 bridgehead atoms. The molecule has 0 aliphatic carbocycles. The first kappa shape index (κ1) is 25.9. The van der Waals surface area contributed by atoms with Crippen molar-refractivity contribution in [3.8, 4) is 0 Å². The molecule has 0 aromatic rings. The van der Waals surface area contributed by atoms with Crippen LogP contribution < -0.4 is 0 Å². The van der Waals surface area contributed by atoms with Gasteiger partial charge in [0.2, 0.25) is 0 Å². The second-order valence-electron chi connectivity index (χ2n) is 6.25. The van der Waals surface area contributed by atoms with E-state index in [1.807, 2.05) is 6.08 Å². The molecule has 156 valence electrons. The molecule has 0 aromatic heterocycles. The van der Waals surface area contributed by atoms with E-state index in [0.717, 1.165) is 38.5 Å². The van der Waals surface area contributed by atoms with Gasteiger partial charge in [-0.1, -0.05) is 79.8 Å². The molecule has 3 heteroatoms. The maximum Gasteiger partial charge on any atom is 0.306 e.